The standard InChI is InChI=1S/C18H16ClN3O2/c1-11-12(2)21-17-9-14(5-8-16(17)20-11)22-18(23)10-24-15-6-3-13(19)4-7-15/h3-9H,10H2,1-2H3,(H,22,23). The number of amides is 1. The summed E-state index contributed by atoms with van der Waals surface area (Å²) in [5.74, 6) is 0.339. The van der Waals surface area contributed by atoms with Crippen molar-refractivity contribution >= 4 is 34.2 Å². The van der Waals surface area contributed by atoms with Gasteiger partial charge in [0.1, 0.15) is 5.75 Å². The van der Waals surface area contributed by atoms with Gasteiger partial charge < -0.3 is 10.1 Å². The van der Waals surface area contributed by atoms with Crippen molar-refractivity contribution in [3.8, 4) is 5.75 Å². The number of ether oxygens (including phenoxy) is 1. The fourth-order valence-electron chi connectivity index (χ4n) is 2.19. The number of nitrogens with zero attached hydrogens (tertiary/aromatic N) is 2. The summed E-state index contributed by atoms with van der Waals surface area (Å²) in [4.78, 5) is 21.0. The van der Waals surface area contributed by atoms with Crippen LogP contribution in [0.4, 0.5) is 5.69 Å². The lowest BCUT2D eigenvalue weighted by Crippen LogP contribution is -2.20. The molecule has 0 atom stereocenters. The second kappa shape index (κ2) is 6.84. The largest absolute Gasteiger partial charge is 0.484 e. The Morgan fingerprint density at radius 1 is 1.04 bits per heavy atom. The molecule has 1 amide bonds. The van der Waals surface area contributed by atoms with E-state index in [-0.39, 0.29) is 12.5 Å². The van der Waals surface area contributed by atoms with Crippen molar-refractivity contribution in [1.82, 2.24) is 9.97 Å². The summed E-state index contributed by atoms with van der Waals surface area (Å²) in [7, 11) is 0. The van der Waals surface area contributed by atoms with Crippen LogP contribution in [0.2, 0.25) is 5.02 Å². The van der Waals surface area contributed by atoms with E-state index >= 15 is 0 Å². The third kappa shape index (κ3) is 3.81. The highest BCUT2D eigenvalue weighted by Gasteiger charge is 2.07. The van der Waals surface area contributed by atoms with Crippen molar-refractivity contribution in [3.05, 3.63) is 58.9 Å². The molecule has 3 rings (SSSR count). The predicted molar refractivity (Wildman–Crippen MR) is 94.6 cm³/mol. The lowest BCUT2D eigenvalue weighted by Gasteiger charge is -2.09. The van der Waals surface area contributed by atoms with Gasteiger partial charge in [0, 0.05) is 10.7 Å². The zero-order valence-corrected chi connectivity index (χ0v) is 14.1. The summed E-state index contributed by atoms with van der Waals surface area (Å²) in [5, 5.41) is 3.41. The smallest absolute Gasteiger partial charge is 0.262 e. The topological polar surface area (TPSA) is 64.1 Å². The van der Waals surface area contributed by atoms with Crippen LogP contribution in [0.1, 0.15) is 11.4 Å². The van der Waals surface area contributed by atoms with E-state index in [0.717, 1.165) is 22.4 Å². The Labute approximate surface area is 144 Å². The molecule has 122 valence electrons. The minimum Gasteiger partial charge on any atom is -0.484 e. The third-order valence-corrected chi connectivity index (χ3v) is 3.79. The van der Waals surface area contributed by atoms with E-state index in [1.807, 2.05) is 19.9 Å². The molecule has 1 aromatic heterocycles. The number of carbonyl (C=O) groups is 1. The number of benzene rings is 2. The second-order valence-corrected chi connectivity index (χ2v) is 5.83. The molecule has 0 unspecified atom stereocenters. The molecule has 6 heteroatoms. The van der Waals surface area contributed by atoms with Crippen LogP contribution in [0.3, 0.4) is 0 Å². The monoisotopic (exact) mass is 341 g/mol. The van der Waals surface area contributed by atoms with Crippen LogP contribution in [0.15, 0.2) is 42.5 Å². The van der Waals surface area contributed by atoms with E-state index in [4.69, 9.17) is 16.3 Å². The SMILES string of the molecule is Cc1nc2ccc(NC(=O)COc3ccc(Cl)cc3)cc2nc1C. The van der Waals surface area contributed by atoms with E-state index < -0.39 is 0 Å². The Kier molecular flexibility index (Phi) is 4.62. The summed E-state index contributed by atoms with van der Waals surface area (Å²) in [5.41, 5.74) is 3.97. The van der Waals surface area contributed by atoms with Crippen molar-refractivity contribution in [2.75, 3.05) is 11.9 Å². The van der Waals surface area contributed by atoms with Gasteiger partial charge in [-0.2, -0.15) is 0 Å². The van der Waals surface area contributed by atoms with Gasteiger partial charge in [0.2, 0.25) is 0 Å². The highest BCUT2D eigenvalue weighted by molar-refractivity contribution is 6.30. The predicted octanol–water partition coefficient (Wildman–Crippen LogP) is 3.92. The Hall–Kier alpha value is -2.66. The molecule has 2 aromatic carbocycles. The van der Waals surface area contributed by atoms with Crippen molar-refractivity contribution < 1.29 is 9.53 Å². The molecule has 0 aliphatic heterocycles. The highest BCUT2D eigenvalue weighted by Crippen LogP contribution is 2.18. The van der Waals surface area contributed by atoms with Gasteiger partial charge in [-0.25, -0.2) is 9.97 Å². The first kappa shape index (κ1) is 16.2. The molecule has 5 nitrogen and oxygen atoms in total. The normalized spacial score (nSPS) is 10.6. The second-order valence-electron chi connectivity index (χ2n) is 5.39. The van der Waals surface area contributed by atoms with Crippen LogP contribution < -0.4 is 10.1 Å². The lowest BCUT2D eigenvalue weighted by atomic mass is 10.2. The Morgan fingerprint density at radius 3 is 2.42 bits per heavy atom. The summed E-state index contributed by atoms with van der Waals surface area (Å²) in [6.07, 6.45) is 0. The first-order valence-electron chi connectivity index (χ1n) is 7.44. The maximum absolute atomic E-state index is 12.0. The molecule has 0 saturated heterocycles. The van der Waals surface area contributed by atoms with Gasteiger partial charge in [-0.3, -0.25) is 4.79 Å². The number of fused-ring (bicyclic) bond motifs is 1. The molecule has 0 spiro atoms. The van der Waals surface area contributed by atoms with Crippen molar-refractivity contribution in [2.24, 2.45) is 0 Å². The van der Waals surface area contributed by atoms with E-state index in [0.29, 0.717) is 16.5 Å². The summed E-state index contributed by atoms with van der Waals surface area (Å²) in [6, 6.07) is 12.3. The zero-order valence-electron chi connectivity index (χ0n) is 13.3. The van der Waals surface area contributed by atoms with E-state index in [1.54, 1.807) is 36.4 Å². The van der Waals surface area contributed by atoms with Crippen molar-refractivity contribution in [3.63, 3.8) is 0 Å². The maximum atomic E-state index is 12.0. The molecule has 0 bridgehead atoms. The molecule has 0 saturated carbocycles. The van der Waals surface area contributed by atoms with Gasteiger partial charge in [-0.1, -0.05) is 11.6 Å². The number of aryl methyl sites for hydroxylation is 2. The first-order valence-corrected chi connectivity index (χ1v) is 7.82. The minimum atomic E-state index is -0.249. The molecular weight excluding hydrogens is 326 g/mol. The maximum Gasteiger partial charge on any atom is 0.262 e. The molecule has 0 radical (unpaired) electrons. The number of anilines is 1. The van der Waals surface area contributed by atoms with Gasteiger partial charge in [-0.05, 0) is 56.3 Å². The van der Waals surface area contributed by atoms with Crippen LogP contribution >= 0.6 is 11.6 Å². The Morgan fingerprint density at radius 2 is 1.71 bits per heavy atom. The fourth-order valence-corrected chi connectivity index (χ4v) is 2.31. The van der Waals surface area contributed by atoms with Gasteiger partial charge in [-0.15, -0.1) is 0 Å². The van der Waals surface area contributed by atoms with Gasteiger partial charge in [0.25, 0.3) is 5.91 Å². The van der Waals surface area contributed by atoms with E-state index in [2.05, 4.69) is 15.3 Å². The van der Waals surface area contributed by atoms with Crippen molar-refractivity contribution in [1.29, 1.82) is 0 Å². The van der Waals surface area contributed by atoms with Crippen LogP contribution in [0.5, 0.6) is 5.75 Å². The van der Waals surface area contributed by atoms with Crippen molar-refractivity contribution in [2.45, 2.75) is 13.8 Å². The third-order valence-electron chi connectivity index (χ3n) is 3.54. The average Bonchev–Trinajstić information content (AvgIpc) is 2.56. The first-order chi connectivity index (χ1) is 11.5. The summed E-state index contributed by atoms with van der Waals surface area (Å²) < 4.78 is 5.42. The number of nitrogens with one attached hydrogen (secondary N) is 1. The number of aromatic nitrogens is 2. The Bertz CT molecular complexity index is 895. The molecule has 1 heterocycles. The quantitative estimate of drug-likeness (QED) is 0.781. The molecular formula is C18H16ClN3O2. The van der Waals surface area contributed by atoms with Gasteiger partial charge in [0.15, 0.2) is 6.61 Å². The lowest BCUT2D eigenvalue weighted by molar-refractivity contribution is -0.118. The highest BCUT2D eigenvalue weighted by atomic mass is 35.5. The van der Waals surface area contributed by atoms with Crippen LogP contribution in [-0.2, 0) is 4.79 Å². The summed E-state index contributed by atoms with van der Waals surface area (Å²) >= 11 is 5.80. The van der Waals surface area contributed by atoms with Crippen LogP contribution in [0.25, 0.3) is 11.0 Å². The van der Waals surface area contributed by atoms with Gasteiger partial charge in [0.05, 0.1) is 22.4 Å². The molecule has 24 heavy (non-hydrogen) atoms. The fraction of sp³-hybridized carbons (Fsp3) is 0.167. The van der Waals surface area contributed by atoms with E-state index in [1.165, 1.54) is 0 Å². The Balaban J connectivity index is 1.66. The number of hydrogen-bond donors (Lipinski definition) is 1. The van der Waals surface area contributed by atoms with Gasteiger partial charge >= 0.3 is 0 Å². The summed E-state index contributed by atoms with van der Waals surface area (Å²) in [6.45, 7) is 3.75. The van der Waals surface area contributed by atoms with Crippen LogP contribution in [-0.4, -0.2) is 22.5 Å². The molecule has 0 aliphatic carbocycles. The average molecular weight is 342 g/mol. The molecule has 0 fully saturated rings. The molecule has 3 aromatic rings. The van der Waals surface area contributed by atoms with Crippen LogP contribution in [0, 0.1) is 13.8 Å². The number of halogens is 1. The number of carbonyl (C=O) groups excluding carboxylic acids is 1. The zero-order chi connectivity index (χ0) is 17.1. The number of rotatable bonds is 4. The number of hydrogen-bond acceptors (Lipinski definition) is 4. The van der Waals surface area contributed by atoms with E-state index in [9.17, 15) is 4.79 Å². The minimum absolute atomic E-state index is 0.0850. The molecule has 0 aliphatic rings. The molecule has 1 N–H and O–H groups in total.